The number of methoxy groups -OCH3 is 3. The highest BCUT2D eigenvalue weighted by molar-refractivity contribution is 14.0. The highest BCUT2D eigenvalue weighted by Crippen LogP contribution is 2.52. The van der Waals surface area contributed by atoms with Gasteiger partial charge in [-0.15, -0.1) is 36.4 Å². The van der Waals surface area contributed by atoms with Crippen LogP contribution in [0, 0.1) is 17.8 Å². The average molecular weight is 2450 g/mol. The van der Waals surface area contributed by atoms with Crippen LogP contribution in [0.3, 0.4) is 0 Å². The van der Waals surface area contributed by atoms with Crippen LogP contribution in [0.15, 0.2) is 194 Å². The number of rotatable bonds is 32. The molecule has 3 aromatic heterocycles. The molecule has 46 heteroatoms. The second-order valence-corrected chi connectivity index (χ2v) is 48.7. The van der Waals surface area contributed by atoms with E-state index in [0.717, 1.165) is 175 Å². The number of ether oxygens (including phenoxy) is 6. The summed E-state index contributed by atoms with van der Waals surface area (Å²) in [7, 11) is -2.04. The molecule has 31 nitrogen and oxygen atoms in total. The van der Waals surface area contributed by atoms with Gasteiger partial charge in [0.15, 0.2) is 0 Å². The van der Waals surface area contributed by atoms with Crippen molar-refractivity contribution < 1.29 is 99.9 Å². The molecule has 6 bridgehead atoms. The molecule has 6 aliphatic carbocycles. The Morgan fingerprint density at radius 3 is 1.01 bits per heavy atom. The maximum Gasteiger partial charge on any atom is 0.321 e. The molecule has 143 heavy (non-hydrogen) atoms. The van der Waals surface area contributed by atoms with Gasteiger partial charge in [0, 0.05) is 159 Å². The number of carbonyl (C=O) groups excluding carboxylic acids is 3. The summed E-state index contributed by atoms with van der Waals surface area (Å²) in [6.07, 6.45) is 14.5. The van der Waals surface area contributed by atoms with Crippen LogP contribution in [0.4, 0.5) is 11.4 Å². The number of hydrogen-bond donors (Lipinski definition) is 2. The lowest BCUT2D eigenvalue weighted by Crippen LogP contribution is -2.38. The predicted octanol–water partition coefficient (Wildman–Crippen LogP) is 21.3. The van der Waals surface area contributed by atoms with E-state index in [4.69, 9.17) is 113 Å². The Kier molecular flexibility index (Phi) is 40.7. The number of likely N-dealkylation sites (N-methyl/N-ethyl adjacent to an activating group) is 3. The Morgan fingerprint density at radius 1 is 0.441 bits per heavy atom. The standard InChI is InChI=1S/C29H31Cl2N3O6S.C28H29Cl2N3O6S.C19H20Cl2N2O2.C10H12BrNO4S.C6H4BrClO2S.C5H10O2.ClH.HI/c1-33(15-26(35)38-2)41(36,37)21-10-8-19(9-11-21)34-14-18-12-20(34)13-25(18)39-16-22-28(32-40-29(22)17-6-7-17)27-23(30)4-3-5-24(27)31;1-32(14-25(34)35)40(36,37)20-9-7-18(8-10-20)33-13-17-11-19(33)12-24(17)38-15-21-27(31-39-28(21)16-5-6-16)26-22(29)3-2-4-23(26)30;20-14-2-1-3-15(21)17(14)18-13(19(25-23-18)10-4-5-10)9-24-16-7-12-6-11(16)8-22-12;1-12(7-10(13)16-2)17(14,15)9-5-3-8(11)4-6-9;7-5-1-3-6(4-2-5)11(8,9)10;1-3-4-5(6)7-2;;/h3-5,8-11,17-18,20,25H,6-7,12-16H2,1-2H3;2-4,7-10,16-17,19,24H,5-6,11-15H2,1H3,(H,34,35);1-3,10-12,16,22H,4-9H2;3-6H,7H2,1-2H3;1-4H;3-4H2,1-2H3;2*1H/t18-,20-,25+;17-,19-,24+;11-,12-,16+;;;;;/m000...../s1. The predicted molar refractivity (Wildman–Crippen MR) is 565 cm³/mol. The second-order valence-electron chi connectivity index (χ2n) is 35.7. The van der Waals surface area contributed by atoms with Crippen molar-refractivity contribution in [1.82, 2.24) is 33.7 Å². The van der Waals surface area contributed by atoms with Crippen molar-refractivity contribution in [3.8, 4) is 33.8 Å². The molecule has 6 heterocycles. The number of aliphatic carboxylic acids is 1. The first-order chi connectivity index (χ1) is 67.2. The molecule has 3 aliphatic heterocycles. The number of esters is 3. The van der Waals surface area contributed by atoms with Crippen LogP contribution in [-0.4, -0.2) is 209 Å². The molecule has 9 aliphatic rings. The molecule has 3 saturated heterocycles. The van der Waals surface area contributed by atoms with Crippen molar-refractivity contribution in [1.29, 1.82) is 0 Å². The largest absolute Gasteiger partial charge is 0.480 e. The zero-order valence-electron chi connectivity index (χ0n) is 78.6. The van der Waals surface area contributed by atoms with E-state index in [1.807, 2.05) is 43.3 Å². The van der Waals surface area contributed by atoms with E-state index in [2.05, 4.69) is 76.7 Å². The second kappa shape index (κ2) is 50.7. The Morgan fingerprint density at radius 2 is 0.748 bits per heavy atom. The number of piperidine rings is 3. The summed E-state index contributed by atoms with van der Waals surface area (Å²) in [4.78, 5) is 48.8. The van der Waals surface area contributed by atoms with Gasteiger partial charge in [-0.3, -0.25) is 19.2 Å². The molecule has 2 N–H and O–H groups in total. The molecule has 774 valence electrons. The van der Waals surface area contributed by atoms with Gasteiger partial charge in [0.05, 0.1) is 109 Å². The van der Waals surface area contributed by atoms with Crippen LogP contribution in [-0.2, 0) is 107 Å². The lowest BCUT2D eigenvalue weighted by molar-refractivity contribution is -0.141. The van der Waals surface area contributed by atoms with Crippen molar-refractivity contribution in [3.05, 3.63) is 225 Å². The van der Waals surface area contributed by atoms with E-state index < -0.39 is 63.6 Å². The first-order valence-corrected chi connectivity index (χ1v) is 56.0. The topological polar surface area (TPSA) is 387 Å². The molecular weight excluding hydrogens is 2340 g/mol. The Balaban J connectivity index is 0.000000165. The smallest absolute Gasteiger partial charge is 0.321 e. The lowest BCUT2D eigenvalue weighted by atomic mass is 10.0. The number of halogens is 11. The molecule has 9 atom stereocenters. The number of hydrogen-bond acceptors (Lipinski definition) is 27. The summed E-state index contributed by atoms with van der Waals surface area (Å²) in [6, 6.07) is 43.3. The Bertz CT molecular complexity index is 6560. The van der Waals surface area contributed by atoms with Crippen LogP contribution in [0.25, 0.3) is 33.8 Å². The first-order valence-electron chi connectivity index (χ1n) is 45.6. The zero-order chi connectivity index (χ0) is 101. The van der Waals surface area contributed by atoms with Crippen molar-refractivity contribution in [3.63, 3.8) is 0 Å². The number of carboxylic acids is 1. The Labute approximate surface area is 906 Å². The summed E-state index contributed by atoms with van der Waals surface area (Å²) >= 11 is 45.2. The van der Waals surface area contributed by atoms with Crippen LogP contribution in [0.1, 0.15) is 149 Å². The van der Waals surface area contributed by atoms with Gasteiger partial charge in [-0.25, -0.2) is 33.7 Å². The van der Waals surface area contributed by atoms with Crippen LogP contribution >= 0.6 is 149 Å². The number of sulfonamides is 3. The van der Waals surface area contributed by atoms with E-state index >= 15 is 0 Å². The SMILES string of the molecule is CCCC(=O)OC.CN(CC(=O)O)S(=O)(=O)c1ccc(N2C[C@@H]3C[C@H]2C[C@H]3OCc2c(-c3c(Cl)cccc3Cl)noc2C2CC2)cc1.COC(=O)CN(C)S(=O)(=O)c1ccc(Br)cc1.COC(=O)CN(C)S(=O)(=O)c1ccc(N2C[C@@H]3C[C@H]2C[C@H]3OCc2c(-c3c(Cl)cccc3Cl)noc2C2CC2)cc1.Cl.Clc1cccc(Cl)c1-c1noc(C2CC2)c1CO[C@@H]1C[C@@H]2C[C@H]1CN2.I.O=S(=O)(Cl)c1ccc(Br)cc1. The molecular formula is C97H108Br2Cl8IN9O22S4. The molecule has 10 aromatic rings. The van der Waals surface area contributed by atoms with Gasteiger partial charge in [-0.2, -0.15) is 12.9 Å². The molecule has 0 amide bonds. The number of nitrogens with zero attached hydrogens (tertiary/aromatic N) is 8. The fourth-order valence-electron chi connectivity index (χ4n) is 18.2. The minimum absolute atomic E-state index is 0. The highest BCUT2D eigenvalue weighted by atomic mass is 127. The fraction of sp³-hybridized carbons (Fsp3) is 0.433. The molecule has 19 rings (SSSR count). The van der Waals surface area contributed by atoms with Gasteiger partial charge < -0.3 is 62.2 Å². The molecule has 0 spiro atoms. The first kappa shape index (κ1) is 115. The summed E-state index contributed by atoms with van der Waals surface area (Å²) < 4.78 is 151. The van der Waals surface area contributed by atoms with E-state index in [1.54, 1.807) is 78.9 Å². The summed E-state index contributed by atoms with van der Waals surface area (Å²) in [5.41, 5.74) is 8.89. The van der Waals surface area contributed by atoms with Crippen LogP contribution in [0.2, 0.25) is 30.1 Å². The number of fused-ring (bicyclic) bond motifs is 6. The van der Waals surface area contributed by atoms with Gasteiger partial charge in [-0.1, -0.05) is 142 Å². The maximum absolute atomic E-state index is 12.8. The zero-order valence-corrected chi connectivity index (χ0v) is 93.5. The molecule has 6 saturated carbocycles. The highest BCUT2D eigenvalue weighted by Gasteiger charge is 2.49. The number of carboxylic acid groups (broad SMARTS) is 1. The third-order valence-electron chi connectivity index (χ3n) is 26.0. The van der Waals surface area contributed by atoms with Crippen LogP contribution in [0.5, 0.6) is 0 Å². The molecule has 0 unspecified atom stereocenters. The number of anilines is 2. The van der Waals surface area contributed by atoms with Crippen molar-refractivity contribution in [2.45, 2.75) is 190 Å². The van der Waals surface area contributed by atoms with E-state index in [-0.39, 0.29) is 93.3 Å². The number of aromatic nitrogens is 3. The van der Waals surface area contributed by atoms with Gasteiger partial charge in [0.2, 0.25) is 30.1 Å². The van der Waals surface area contributed by atoms with E-state index in [9.17, 15) is 52.8 Å². The lowest BCUT2D eigenvalue weighted by Gasteiger charge is -2.33. The normalized spacial score (nSPS) is 20.1. The monoisotopic (exact) mass is 2440 g/mol. The fourth-order valence-corrected chi connectivity index (χ4v) is 24.5. The third-order valence-corrected chi connectivity index (χ3v) is 35.8. The maximum atomic E-state index is 12.8. The van der Waals surface area contributed by atoms with Crippen molar-refractivity contribution in [2.24, 2.45) is 17.8 Å². The van der Waals surface area contributed by atoms with Crippen molar-refractivity contribution >= 4 is 223 Å². The molecule has 7 aromatic carbocycles. The van der Waals surface area contributed by atoms with Gasteiger partial charge in [0.25, 0.3) is 9.05 Å². The summed E-state index contributed by atoms with van der Waals surface area (Å²) in [5, 5.41) is 28.8. The molecule has 0 radical (unpaired) electrons. The Hall–Kier alpha value is -6.82. The van der Waals surface area contributed by atoms with E-state index in [0.29, 0.717) is 133 Å². The quantitative estimate of drug-likeness (QED) is 0.0171. The van der Waals surface area contributed by atoms with Gasteiger partial charge in [0.1, 0.15) is 54.0 Å². The average Bonchev–Trinajstić information content (AvgIpc) is 1.62. The van der Waals surface area contributed by atoms with Crippen molar-refractivity contribution in [2.75, 3.05) is 91.5 Å². The number of carbonyl (C=O) groups is 4. The minimum Gasteiger partial charge on any atom is -0.480 e. The molecule has 9 fully saturated rings. The van der Waals surface area contributed by atoms with E-state index in [1.165, 1.54) is 85.3 Å². The number of nitrogens with one attached hydrogen (secondary N) is 1. The summed E-state index contributed by atoms with van der Waals surface area (Å²) in [6.45, 7) is 4.66. The van der Waals surface area contributed by atoms with Gasteiger partial charge in [-0.05, 0) is 223 Å². The minimum atomic E-state index is -3.87. The third kappa shape index (κ3) is 28.5. The number of benzene rings is 7. The van der Waals surface area contributed by atoms with Crippen LogP contribution < -0.4 is 15.1 Å². The summed E-state index contributed by atoms with van der Waals surface area (Å²) in [5.74, 6) is 2.63. The van der Waals surface area contributed by atoms with Gasteiger partial charge >= 0.3 is 23.9 Å².